The highest BCUT2D eigenvalue weighted by Gasteiger charge is 2.42. The van der Waals surface area contributed by atoms with Gasteiger partial charge in [0.1, 0.15) is 23.9 Å². The van der Waals surface area contributed by atoms with E-state index in [4.69, 9.17) is 19.9 Å². The van der Waals surface area contributed by atoms with Crippen LogP contribution in [0.4, 0.5) is 4.39 Å². The van der Waals surface area contributed by atoms with E-state index in [1.807, 2.05) is 6.07 Å². The molecule has 0 aliphatic carbocycles. The summed E-state index contributed by atoms with van der Waals surface area (Å²) in [5.74, 6) is 0.501. The molecule has 4 rings (SSSR count). The molecule has 0 atom stereocenters. The van der Waals surface area contributed by atoms with Crippen LogP contribution < -0.4 is 15.2 Å². The van der Waals surface area contributed by atoms with Crippen LogP contribution in [0.2, 0.25) is 0 Å². The minimum atomic E-state index is -0.467. The van der Waals surface area contributed by atoms with Crippen LogP contribution in [0.1, 0.15) is 34.3 Å². The lowest BCUT2D eigenvalue weighted by Crippen LogP contribution is -2.48. The Morgan fingerprint density at radius 3 is 2.77 bits per heavy atom. The van der Waals surface area contributed by atoms with Crippen molar-refractivity contribution < 1.29 is 23.4 Å². The number of fused-ring (bicyclic) bond motifs is 2. The van der Waals surface area contributed by atoms with Crippen LogP contribution in [0, 0.1) is 5.82 Å². The maximum absolute atomic E-state index is 13.8. The Hall–Kier alpha value is -2.64. The predicted molar refractivity (Wildman–Crippen MR) is 110 cm³/mol. The van der Waals surface area contributed by atoms with E-state index in [-0.39, 0.29) is 18.1 Å². The number of methoxy groups -OCH3 is 1. The number of carbonyl (C=O) groups is 1. The fourth-order valence-electron chi connectivity index (χ4n) is 4.40. The molecule has 0 aromatic heterocycles. The van der Waals surface area contributed by atoms with Crippen molar-refractivity contribution in [3.05, 3.63) is 58.9 Å². The Morgan fingerprint density at radius 2 is 2.03 bits per heavy atom. The molecule has 1 fully saturated rings. The van der Waals surface area contributed by atoms with Crippen molar-refractivity contribution in [2.24, 2.45) is 5.73 Å². The standard InChI is InChI=1S/C23H27FN2O4/c1-28-18-3-4-20-16(14-18)6-12-30-23(20)7-10-26(11-8-23)22(27)19-15-17(24)2-5-21(19)29-13-9-25/h2-5,14-15H,6-13,25H2,1H3. The number of halogens is 1. The van der Waals surface area contributed by atoms with E-state index in [0.717, 1.165) is 12.2 Å². The minimum Gasteiger partial charge on any atom is -0.497 e. The first-order valence-electron chi connectivity index (χ1n) is 10.3. The molecule has 7 heteroatoms. The normalized spacial score (nSPS) is 17.5. The minimum absolute atomic E-state index is 0.231. The van der Waals surface area contributed by atoms with Crippen LogP contribution >= 0.6 is 0 Å². The molecule has 0 unspecified atom stereocenters. The molecule has 6 nitrogen and oxygen atoms in total. The maximum Gasteiger partial charge on any atom is 0.257 e. The molecule has 1 saturated heterocycles. The number of likely N-dealkylation sites (tertiary alicyclic amines) is 1. The molecule has 0 bridgehead atoms. The van der Waals surface area contributed by atoms with Gasteiger partial charge in [-0.2, -0.15) is 0 Å². The zero-order valence-electron chi connectivity index (χ0n) is 17.2. The van der Waals surface area contributed by atoms with E-state index in [9.17, 15) is 9.18 Å². The second-order valence-electron chi connectivity index (χ2n) is 7.69. The molecule has 2 N–H and O–H groups in total. The molecule has 0 saturated carbocycles. The molecule has 1 amide bonds. The van der Waals surface area contributed by atoms with Gasteiger partial charge in [0.15, 0.2) is 0 Å². The third kappa shape index (κ3) is 3.87. The largest absolute Gasteiger partial charge is 0.497 e. The Kier molecular flexibility index (Phi) is 5.92. The van der Waals surface area contributed by atoms with Gasteiger partial charge < -0.3 is 24.8 Å². The van der Waals surface area contributed by atoms with E-state index < -0.39 is 11.4 Å². The van der Waals surface area contributed by atoms with E-state index >= 15 is 0 Å². The van der Waals surface area contributed by atoms with Gasteiger partial charge in [-0.3, -0.25) is 4.79 Å². The van der Waals surface area contributed by atoms with Crippen molar-refractivity contribution in [2.45, 2.75) is 24.9 Å². The van der Waals surface area contributed by atoms with Crippen LogP contribution in [0.15, 0.2) is 36.4 Å². The van der Waals surface area contributed by atoms with Crippen molar-refractivity contribution in [2.75, 3.05) is 40.0 Å². The summed E-state index contributed by atoms with van der Waals surface area (Å²) in [5, 5.41) is 0. The van der Waals surface area contributed by atoms with Crippen molar-refractivity contribution in [3.8, 4) is 11.5 Å². The molecular weight excluding hydrogens is 387 g/mol. The predicted octanol–water partition coefficient (Wildman–Crippen LogP) is 2.88. The second-order valence-corrected chi connectivity index (χ2v) is 7.69. The van der Waals surface area contributed by atoms with Crippen molar-refractivity contribution in [1.82, 2.24) is 4.90 Å². The first-order chi connectivity index (χ1) is 14.6. The summed E-state index contributed by atoms with van der Waals surface area (Å²) in [6.07, 6.45) is 2.22. The Morgan fingerprint density at radius 1 is 1.23 bits per heavy atom. The number of nitrogens with two attached hydrogens (primary N) is 1. The lowest BCUT2D eigenvalue weighted by atomic mass is 9.79. The highest BCUT2D eigenvalue weighted by molar-refractivity contribution is 5.97. The van der Waals surface area contributed by atoms with Crippen molar-refractivity contribution >= 4 is 5.91 Å². The van der Waals surface area contributed by atoms with Gasteiger partial charge in [0.25, 0.3) is 5.91 Å². The summed E-state index contributed by atoms with van der Waals surface area (Å²) in [4.78, 5) is 14.9. The maximum atomic E-state index is 13.8. The summed E-state index contributed by atoms with van der Waals surface area (Å²) in [6, 6.07) is 10.1. The van der Waals surface area contributed by atoms with E-state index in [1.165, 1.54) is 29.3 Å². The molecule has 2 aromatic carbocycles. The molecular formula is C23H27FN2O4. The average molecular weight is 414 g/mol. The SMILES string of the molecule is COc1ccc2c(c1)CCOC21CCN(C(=O)c2cc(F)ccc2OCCN)CC1. The number of hydrogen-bond donors (Lipinski definition) is 1. The zero-order valence-corrected chi connectivity index (χ0v) is 17.2. The fourth-order valence-corrected chi connectivity index (χ4v) is 4.40. The van der Waals surface area contributed by atoms with Gasteiger partial charge in [0, 0.05) is 19.6 Å². The first-order valence-corrected chi connectivity index (χ1v) is 10.3. The zero-order chi connectivity index (χ0) is 21.1. The number of benzene rings is 2. The first kappa shape index (κ1) is 20.6. The summed E-state index contributed by atoms with van der Waals surface area (Å²) in [7, 11) is 1.67. The summed E-state index contributed by atoms with van der Waals surface area (Å²) in [6.45, 7) is 2.28. The third-order valence-corrected chi connectivity index (χ3v) is 5.96. The van der Waals surface area contributed by atoms with Gasteiger partial charge in [-0.1, -0.05) is 6.07 Å². The Balaban J connectivity index is 1.52. The van der Waals surface area contributed by atoms with Gasteiger partial charge in [-0.25, -0.2) is 4.39 Å². The lowest BCUT2D eigenvalue weighted by Gasteiger charge is -2.45. The van der Waals surface area contributed by atoms with Crippen LogP contribution in [-0.2, 0) is 16.8 Å². The van der Waals surface area contributed by atoms with Crippen molar-refractivity contribution in [1.29, 1.82) is 0 Å². The monoisotopic (exact) mass is 414 g/mol. The van der Waals surface area contributed by atoms with E-state index in [2.05, 4.69) is 12.1 Å². The molecule has 2 aliphatic rings. The summed E-state index contributed by atoms with van der Waals surface area (Å²) >= 11 is 0. The van der Waals surface area contributed by atoms with Gasteiger partial charge >= 0.3 is 0 Å². The Bertz CT molecular complexity index is 925. The number of nitrogens with zero attached hydrogens (tertiary/aromatic N) is 1. The molecule has 2 aromatic rings. The number of hydrogen-bond acceptors (Lipinski definition) is 5. The topological polar surface area (TPSA) is 74.0 Å². The van der Waals surface area contributed by atoms with Gasteiger partial charge in [0.05, 0.1) is 24.9 Å². The van der Waals surface area contributed by atoms with Gasteiger partial charge in [0.2, 0.25) is 0 Å². The number of carbonyl (C=O) groups excluding carboxylic acids is 1. The second kappa shape index (κ2) is 8.62. The molecule has 2 aliphatic heterocycles. The van der Waals surface area contributed by atoms with Gasteiger partial charge in [-0.15, -0.1) is 0 Å². The molecule has 1 spiro atoms. The smallest absolute Gasteiger partial charge is 0.257 e. The van der Waals surface area contributed by atoms with E-state index in [1.54, 1.807) is 12.0 Å². The van der Waals surface area contributed by atoms with Crippen LogP contribution in [0.5, 0.6) is 11.5 Å². The molecule has 160 valence electrons. The van der Waals surface area contributed by atoms with Crippen LogP contribution in [0.25, 0.3) is 0 Å². The number of rotatable bonds is 5. The molecule has 0 radical (unpaired) electrons. The van der Waals surface area contributed by atoms with Crippen molar-refractivity contribution in [3.63, 3.8) is 0 Å². The quantitative estimate of drug-likeness (QED) is 0.815. The molecule has 2 heterocycles. The number of ether oxygens (including phenoxy) is 3. The molecule has 30 heavy (non-hydrogen) atoms. The number of piperidine rings is 1. The third-order valence-electron chi connectivity index (χ3n) is 5.96. The van der Waals surface area contributed by atoms with Crippen LogP contribution in [-0.4, -0.2) is 50.8 Å². The summed E-state index contributed by atoms with van der Waals surface area (Å²) < 4.78 is 31.0. The van der Waals surface area contributed by atoms with Crippen LogP contribution in [0.3, 0.4) is 0 Å². The van der Waals surface area contributed by atoms with Gasteiger partial charge in [-0.05, 0) is 60.7 Å². The Labute approximate surface area is 175 Å². The highest BCUT2D eigenvalue weighted by atomic mass is 19.1. The average Bonchev–Trinajstić information content (AvgIpc) is 2.78. The van der Waals surface area contributed by atoms with E-state index in [0.29, 0.717) is 44.8 Å². The highest BCUT2D eigenvalue weighted by Crippen LogP contribution is 2.42. The fraction of sp³-hybridized carbons (Fsp3) is 0.435. The summed E-state index contributed by atoms with van der Waals surface area (Å²) in [5.41, 5.74) is 7.75. The number of amides is 1. The lowest BCUT2D eigenvalue weighted by molar-refractivity contribution is -0.0935.